The van der Waals surface area contributed by atoms with Crippen LogP contribution in [0.15, 0.2) is 34.9 Å². The van der Waals surface area contributed by atoms with E-state index in [0.29, 0.717) is 50.2 Å². The summed E-state index contributed by atoms with van der Waals surface area (Å²) >= 11 is 18.1. The van der Waals surface area contributed by atoms with E-state index in [1.807, 2.05) is 12.3 Å². The van der Waals surface area contributed by atoms with Crippen LogP contribution in [-0.4, -0.2) is 19.6 Å². The fourth-order valence-electron chi connectivity index (χ4n) is 2.24. The molecular weight excluding hydrogens is 361 g/mol. The van der Waals surface area contributed by atoms with Crippen molar-refractivity contribution in [2.45, 2.75) is 6.54 Å². The molecule has 1 N–H and O–H groups in total. The number of anilines is 1. The Morgan fingerprint density at radius 3 is 2.87 bits per heavy atom. The van der Waals surface area contributed by atoms with E-state index >= 15 is 0 Å². The number of oxazole rings is 1. The average Bonchev–Trinajstić information content (AvgIpc) is 3.10. The third-order valence-electron chi connectivity index (χ3n) is 3.26. The van der Waals surface area contributed by atoms with Gasteiger partial charge in [0.15, 0.2) is 17.1 Å². The molecule has 0 aliphatic rings. The number of pyridine rings is 1. The third kappa shape index (κ3) is 2.59. The Labute approximate surface area is 145 Å². The van der Waals surface area contributed by atoms with Crippen molar-refractivity contribution in [1.29, 1.82) is 0 Å². The molecule has 0 fully saturated rings. The minimum Gasteiger partial charge on any atom is -0.422 e. The Kier molecular flexibility index (Phi) is 3.52. The molecule has 0 aliphatic heterocycles. The fourth-order valence-corrected chi connectivity index (χ4v) is 2.96. The van der Waals surface area contributed by atoms with Crippen molar-refractivity contribution >= 4 is 57.6 Å². The third-order valence-corrected chi connectivity index (χ3v) is 4.06. The van der Waals surface area contributed by atoms with Crippen LogP contribution < -0.4 is 5.32 Å². The number of hydrogen-bond donors (Lipinski definition) is 1. The van der Waals surface area contributed by atoms with E-state index < -0.39 is 0 Å². The Balaban J connectivity index is 1.63. The number of nitrogens with zero attached hydrogens (tertiary/aromatic N) is 4. The number of rotatable bonds is 3. The van der Waals surface area contributed by atoms with E-state index in [1.54, 1.807) is 22.6 Å². The summed E-state index contributed by atoms with van der Waals surface area (Å²) in [6.45, 7) is 0.361. The normalized spacial score (nSPS) is 11.4. The Morgan fingerprint density at radius 2 is 2.00 bits per heavy atom. The number of nitrogens with one attached hydrogen (secondary N) is 1. The van der Waals surface area contributed by atoms with Crippen LogP contribution in [0.3, 0.4) is 0 Å². The van der Waals surface area contributed by atoms with Crippen molar-refractivity contribution in [1.82, 2.24) is 19.6 Å². The fraction of sp³-hybridized carbons (Fsp3) is 0.0714. The van der Waals surface area contributed by atoms with E-state index in [-0.39, 0.29) is 0 Å². The lowest BCUT2D eigenvalue weighted by atomic mass is 10.3. The molecule has 6 nitrogen and oxygen atoms in total. The van der Waals surface area contributed by atoms with Gasteiger partial charge in [-0.25, -0.2) is 0 Å². The first-order valence-corrected chi connectivity index (χ1v) is 7.73. The number of benzene rings is 1. The standard InChI is InChI=1S/C14H8Cl3N5O/c15-7-4-9(17)12-10(5-7)19-14(23-12)18-6-11-20-21-13-8(16)2-1-3-22(11)13/h1-5H,6H2,(H,18,19). The predicted octanol–water partition coefficient (Wildman–Crippen LogP) is 4.44. The maximum absolute atomic E-state index is 6.08. The minimum atomic E-state index is 0.322. The molecule has 23 heavy (non-hydrogen) atoms. The molecule has 1 aromatic carbocycles. The van der Waals surface area contributed by atoms with Gasteiger partial charge in [-0.1, -0.05) is 34.8 Å². The van der Waals surface area contributed by atoms with Crippen LogP contribution in [0, 0.1) is 0 Å². The summed E-state index contributed by atoms with van der Waals surface area (Å²) in [5.74, 6) is 0.675. The highest BCUT2D eigenvalue weighted by molar-refractivity contribution is 6.38. The maximum Gasteiger partial charge on any atom is 0.296 e. The van der Waals surface area contributed by atoms with Gasteiger partial charge in [-0.2, -0.15) is 4.98 Å². The van der Waals surface area contributed by atoms with Crippen molar-refractivity contribution in [3.05, 3.63) is 51.4 Å². The van der Waals surface area contributed by atoms with E-state index in [9.17, 15) is 0 Å². The van der Waals surface area contributed by atoms with Gasteiger partial charge in [0.2, 0.25) is 0 Å². The molecule has 0 saturated heterocycles. The molecule has 0 bridgehead atoms. The minimum absolute atomic E-state index is 0.322. The van der Waals surface area contributed by atoms with Gasteiger partial charge >= 0.3 is 0 Å². The summed E-state index contributed by atoms with van der Waals surface area (Å²) in [5, 5.41) is 12.7. The summed E-state index contributed by atoms with van der Waals surface area (Å²) in [7, 11) is 0. The van der Waals surface area contributed by atoms with Crippen LogP contribution in [0.1, 0.15) is 5.82 Å². The molecule has 0 amide bonds. The molecule has 116 valence electrons. The first-order chi connectivity index (χ1) is 11.1. The summed E-state index contributed by atoms with van der Waals surface area (Å²) in [6, 6.07) is 7.19. The summed E-state index contributed by atoms with van der Waals surface area (Å²) < 4.78 is 7.39. The molecule has 0 aliphatic carbocycles. The zero-order valence-electron chi connectivity index (χ0n) is 11.4. The molecule has 0 saturated carbocycles. The molecule has 3 heterocycles. The van der Waals surface area contributed by atoms with Gasteiger partial charge in [-0.3, -0.25) is 4.40 Å². The topological polar surface area (TPSA) is 68.2 Å². The SMILES string of the molecule is Clc1cc(Cl)c2oc(NCc3nnc4c(Cl)cccn34)nc2c1. The Morgan fingerprint density at radius 1 is 1.13 bits per heavy atom. The van der Waals surface area contributed by atoms with Crippen LogP contribution in [0.4, 0.5) is 6.01 Å². The molecule has 9 heteroatoms. The van der Waals surface area contributed by atoms with Crippen molar-refractivity contribution in [2.24, 2.45) is 0 Å². The van der Waals surface area contributed by atoms with Crippen LogP contribution in [0.2, 0.25) is 15.1 Å². The largest absolute Gasteiger partial charge is 0.422 e. The van der Waals surface area contributed by atoms with Gasteiger partial charge in [0.25, 0.3) is 6.01 Å². The number of halogens is 3. The summed E-state index contributed by atoms with van der Waals surface area (Å²) in [5.41, 5.74) is 1.66. The highest BCUT2D eigenvalue weighted by atomic mass is 35.5. The summed E-state index contributed by atoms with van der Waals surface area (Å²) in [6.07, 6.45) is 1.83. The zero-order chi connectivity index (χ0) is 16.0. The van der Waals surface area contributed by atoms with Gasteiger partial charge in [0, 0.05) is 11.2 Å². The van der Waals surface area contributed by atoms with Gasteiger partial charge in [0.1, 0.15) is 5.52 Å². The number of aromatic nitrogens is 4. The monoisotopic (exact) mass is 367 g/mol. The van der Waals surface area contributed by atoms with Crippen molar-refractivity contribution < 1.29 is 4.42 Å². The smallest absolute Gasteiger partial charge is 0.296 e. The highest BCUT2D eigenvalue weighted by Crippen LogP contribution is 2.30. The van der Waals surface area contributed by atoms with Gasteiger partial charge in [0.05, 0.1) is 16.6 Å². The molecule has 3 aromatic heterocycles. The quantitative estimate of drug-likeness (QED) is 0.579. The summed E-state index contributed by atoms with van der Waals surface area (Å²) in [4.78, 5) is 4.30. The number of fused-ring (bicyclic) bond motifs is 2. The predicted molar refractivity (Wildman–Crippen MR) is 89.4 cm³/mol. The van der Waals surface area contributed by atoms with Crippen LogP contribution in [0.25, 0.3) is 16.7 Å². The second kappa shape index (κ2) is 5.56. The molecule has 4 rings (SSSR count). The second-order valence-corrected chi connectivity index (χ2v) is 6.03. The number of hydrogen-bond acceptors (Lipinski definition) is 5. The molecule has 0 radical (unpaired) electrons. The second-order valence-electron chi connectivity index (χ2n) is 4.77. The van der Waals surface area contributed by atoms with Crippen LogP contribution >= 0.6 is 34.8 Å². The lowest BCUT2D eigenvalue weighted by Gasteiger charge is -2.00. The van der Waals surface area contributed by atoms with Gasteiger partial charge in [-0.15, -0.1) is 10.2 Å². The average molecular weight is 369 g/mol. The molecule has 4 aromatic rings. The van der Waals surface area contributed by atoms with E-state index in [4.69, 9.17) is 39.2 Å². The molecule has 0 spiro atoms. The van der Waals surface area contributed by atoms with Crippen LogP contribution in [0.5, 0.6) is 0 Å². The Bertz CT molecular complexity index is 1030. The zero-order valence-corrected chi connectivity index (χ0v) is 13.7. The highest BCUT2D eigenvalue weighted by Gasteiger charge is 2.12. The lowest BCUT2D eigenvalue weighted by Crippen LogP contribution is -2.04. The van der Waals surface area contributed by atoms with E-state index in [2.05, 4.69) is 20.5 Å². The lowest BCUT2D eigenvalue weighted by molar-refractivity contribution is 0.612. The first kappa shape index (κ1) is 14.6. The Hall–Kier alpha value is -2.02. The van der Waals surface area contributed by atoms with E-state index in [0.717, 1.165) is 0 Å². The van der Waals surface area contributed by atoms with Gasteiger partial charge < -0.3 is 9.73 Å². The molecule has 0 unspecified atom stereocenters. The van der Waals surface area contributed by atoms with Crippen molar-refractivity contribution in [2.75, 3.05) is 5.32 Å². The van der Waals surface area contributed by atoms with Crippen molar-refractivity contribution in [3.63, 3.8) is 0 Å². The van der Waals surface area contributed by atoms with Crippen LogP contribution in [-0.2, 0) is 6.54 Å². The first-order valence-electron chi connectivity index (χ1n) is 6.59. The van der Waals surface area contributed by atoms with E-state index in [1.165, 1.54) is 0 Å². The molecular formula is C14H8Cl3N5O. The molecule has 0 atom stereocenters. The van der Waals surface area contributed by atoms with Gasteiger partial charge in [-0.05, 0) is 24.3 Å². The van der Waals surface area contributed by atoms with Crippen molar-refractivity contribution in [3.8, 4) is 0 Å². The maximum atomic E-state index is 6.08.